The van der Waals surface area contributed by atoms with Crippen LogP contribution in [0, 0.1) is 6.92 Å². The zero-order valence-electron chi connectivity index (χ0n) is 12.9. The Morgan fingerprint density at radius 2 is 1.74 bits per heavy atom. The lowest BCUT2D eigenvalue weighted by Crippen LogP contribution is -2.36. The zero-order valence-corrected chi connectivity index (χ0v) is 13.7. The van der Waals surface area contributed by atoms with E-state index in [-0.39, 0.29) is 5.91 Å². The molecule has 6 nitrogen and oxygen atoms in total. The Labute approximate surface area is 135 Å². The number of carbonyl (C=O) groups excluding carboxylic acids is 1. The van der Waals surface area contributed by atoms with Gasteiger partial charge in [-0.15, -0.1) is 11.3 Å². The summed E-state index contributed by atoms with van der Waals surface area (Å²) in [4.78, 5) is 37.3. The van der Waals surface area contributed by atoms with Gasteiger partial charge in [-0.2, -0.15) is 0 Å². The number of fused-ring (bicyclic) bond motifs is 1. The molecule has 0 unspecified atom stereocenters. The van der Waals surface area contributed by atoms with Crippen molar-refractivity contribution in [1.29, 1.82) is 0 Å². The second-order valence-electron chi connectivity index (χ2n) is 5.36. The van der Waals surface area contributed by atoms with Gasteiger partial charge in [0.05, 0.1) is 10.3 Å². The van der Waals surface area contributed by atoms with Crippen LogP contribution in [-0.4, -0.2) is 15.0 Å². The number of aromatic nitrogens is 2. The van der Waals surface area contributed by atoms with Crippen molar-refractivity contribution in [2.75, 3.05) is 5.32 Å². The molecule has 1 amide bonds. The lowest BCUT2D eigenvalue weighted by atomic mass is 10.2. The molecule has 1 N–H and O–H groups in total. The number of thiophene rings is 1. The van der Waals surface area contributed by atoms with E-state index in [1.807, 2.05) is 31.2 Å². The van der Waals surface area contributed by atoms with Gasteiger partial charge in [0.25, 0.3) is 11.5 Å². The molecule has 0 spiro atoms. The quantitative estimate of drug-likeness (QED) is 0.780. The summed E-state index contributed by atoms with van der Waals surface area (Å²) < 4.78 is 2.42. The van der Waals surface area contributed by atoms with Gasteiger partial charge >= 0.3 is 5.69 Å². The van der Waals surface area contributed by atoms with E-state index in [0.29, 0.717) is 20.8 Å². The van der Waals surface area contributed by atoms with Gasteiger partial charge in [-0.25, -0.2) is 4.79 Å². The molecular weight excluding hydrogens is 314 g/mol. The maximum atomic E-state index is 12.4. The van der Waals surface area contributed by atoms with Crippen LogP contribution in [0.1, 0.15) is 15.2 Å². The number of anilines is 1. The first-order chi connectivity index (χ1) is 10.9. The molecule has 0 bridgehead atoms. The molecule has 0 aliphatic carbocycles. The molecular formula is C16H15N3O3S. The smallest absolute Gasteiger partial charge is 0.321 e. The fraction of sp³-hybridized carbons (Fsp3) is 0.188. The lowest BCUT2D eigenvalue weighted by Gasteiger charge is -2.03. The van der Waals surface area contributed by atoms with Crippen LogP contribution >= 0.6 is 11.3 Å². The number of benzene rings is 1. The number of rotatable bonds is 2. The molecule has 2 aromatic heterocycles. The van der Waals surface area contributed by atoms with E-state index in [2.05, 4.69) is 5.32 Å². The summed E-state index contributed by atoms with van der Waals surface area (Å²) in [5.41, 5.74) is 0.979. The van der Waals surface area contributed by atoms with Crippen LogP contribution in [0.5, 0.6) is 0 Å². The van der Waals surface area contributed by atoms with E-state index in [0.717, 1.165) is 21.5 Å². The lowest BCUT2D eigenvalue weighted by molar-refractivity contribution is 0.103. The molecule has 7 heteroatoms. The first kappa shape index (κ1) is 15.2. The summed E-state index contributed by atoms with van der Waals surface area (Å²) >= 11 is 1.13. The van der Waals surface area contributed by atoms with E-state index in [1.54, 1.807) is 7.05 Å². The van der Waals surface area contributed by atoms with Gasteiger partial charge < -0.3 is 5.32 Å². The molecule has 0 aliphatic rings. The van der Waals surface area contributed by atoms with Gasteiger partial charge in [-0.1, -0.05) is 17.7 Å². The summed E-state index contributed by atoms with van der Waals surface area (Å²) in [7, 11) is 3.01. The van der Waals surface area contributed by atoms with E-state index in [9.17, 15) is 14.4 Å². The third-order valence-electron chi connectivity index (χ3n) is 3.66. The average molecular weight is 329 g/mol. The first-order valence-corrected chi connectivity index (χ1v) is 7.77. The largest absolute Gasteiger partial charge is 0.331 e. The number of amides is 1. The van der Waals surface area contributed by atoms with E-state index in [4.69, 9.17) is 0 Å². The van der Waals surface area contributed by atoms with Crippen LogP contribution in [-0.2, 0) is 14.1 Å². The zero-order chi connectivity index (χ0) is 16.7. The highest BCUT2D eigenvalue weighted by atomic mass is 32.1. The number of aryl methyl sites for hydroxylation is 2. The molecule has 0 radical (unpaired) electrons. The van der Waals surface area contributed by atoms with Crippen molar-refractivity contribution in [2.45, 2.75) is 6.92 Å². The van der Waals surface area contributed by atoms with Gasteiger partial charge in [-0.3, -0.25) is 18.7 Å². The topological polar surface area (TPSA) is 73.1 Å². The first-order valence-electron chi connectivity index (χ1n) is 6.96. The molecule has 0 saturated carbocycles. The summed E-state index contributed by atoms with van der Waals surface area (Å²) in [6.45, 7) is 1.97. The highest BCUT2D eigenvalue weighted by molar-refractivity contribution is 7.20. The van der Waals surface area contributed by atoms with Crippen molar-refractivity contribution in [1.82, 2.24) is 9.13 Å². The molecule has 118 valence electrons. The van der Waals surface area contributed by atoms with Crippen molar-refractivity contribution in [3.05, 3.63) is 61.6 Å². The van der Waals surface area contributed by atoms with Crippen molar-refractivity contribution in [3.63, 3.8) is 0 Å². The number of nitrogens with one attached hydrogen (secondary N) is 1. The maximum Gasteiger partial charge on any atom is 0.331 e. The summed E-state index contributed by atoms with van der Waals surface area (Å²) in [5.74, 6) is -0.301. The van der Waals surface area contributed by atoms with Crippen molar-refractivity contribution in [3.8, 4) is 0 Å². The Balaban J connectivity index is 2.04. The summed E-state index contributed by atoms with van der Waals surface area (Å²) in [6, 6.07) is 8.97. The average Bonchev–Trinajstić information content (AvgIpc) is 2.98. The van der Waals surface area contributed by atoms with Crippen LogP contribution in [0.2, 0.25) is 0 Å². The minimum absolute atomic E-state index is 0.301. The van der Waals surface area contributed by atoms with Gasteiger partial charge in [-0.05, 0) is 25.1 Å². The SMILES string of the molecule is Cc1ccc(NC(=O)c2cc3c(=O)n(C)c(=O)n(C)c3s2)cc1. The van der Waals surface area contributed by atoms with Gasteiger partial charge in [0.2, 0.25) is 0 Å². The molecule has 1 aromatic carbocycles. The molecule has 3 rings (SSSR count). The van der Waals surface area contributed by atoms with Gasteiger partial charge in [0.1, 0.15) is 4.83 Å². The molecule has 0 aliphatic heterocycles. The van der Waals surface area contributed by atoms with Crippen molar-refractivity contribution >= 4 is 33.1 Å². The molecule has 0 saturated heterocycles. The fourth-order valence-corrected chi connectivity index (χ4v) is 3.30. The van der Waals surface area contributed by atoms with Crippen LogP contribution in [0.25, 0.3) is 10.2 Å². The number of hydrogen-bond acceptors (Lipinski definition) is 4. The summed E-state index contributed by atoms with van der Waals surface area (Å²) in [6.07, 6.45) is 0. The third kappa shape index (κ3) is 2.59. The van der Waals surface area contributed by atoms with E-state index in [1.165, 1.54) is 17.7 Å². The van der Waals surface area contributed by atoms with Crippen LogP contribution in [0.4, 0.5) is 5.69 Å². The predicted molar refractivity (Wildman–Crippen MR) is 91.4 cm³/mol. The molecule has 0 fully saturated rings. The third-order valence-corrected chi connectivity index (χ3v) is 4.87. The van der Waals surface area contributed by atoms with E-state index >= 15 is 0 Å². The second kappa shape index (κ2) is 5.51. The van der Waals surface area contributed by atoms with Crippen LogP contribution in [0.15, 0.2) is 39.9 Å². The van der Waals surface area contributed by atoms with Crippen molar-refractivity contribution in [2.24, 2.45) is 14.1 Å². The second-order valence-corrected chi connectivity index (χ2v) is 6.39. The molecule has 23 heavy (non-hydrogen) atoms. The Hall–Kier alpha value is -2.67. The van der Waals surface area contributed by atoms with Gasteiger partial charge in [0, 0.05) is 19.8 Å². The van der Waals surface area contributed by atoms with Crippen molar-refractivity contribution < 1.29 is 4.79 Å². The summed E-state index contributed by atoms with van der Waals surface area (Å²) in [5, 5.41) is 3.16. The predicted octanol–water partition coefficient (Wildman–Crippen LogP) is 1.86. The maximum absolute atomic E-state index is 12.4. The van der Waals surface area contributed by atoms with Gasteiger partial charge in [0.15, 0.2) is 0 Å². The molecule has 0 atom stereocenters. The Morgan fingerprint density at radius 3 is 2.39 bits per heavy atom. The minimum Gasteiger partial charge on any atom is -0.321 e. The highest BCUT2D eigenvalue weighted by Gasteiger charge is 2.16. The van der Waals surface area contributed by atoms with Crippen LogP contribution in [0.3, 0.4) is 0 Å². The number of carbonyl (C=O) groups is 1. The Morgan fingerprint density at radius 1 is 1.09 bits per heavy atom. The monoisotopic (exact) mass is 329 g/mol. The normalized spacial score (nSPS) is 10.9. The number of hydrogen-bond donors (Lipinski definition) is 1. The number of nitrogens with zero attached hydrogens (tertiary/aromatic N) is 2. The Bertz CT molecular complexity index is 1030. The standard InChI is InChI=1S/C16H15N3O3S/c1-9-4-6-10(7-5-9)17-13(20)12-8-11-14(21)18(2)16(22)19(3)15(11)23-12/h4-8H,1-3H3,(H,17,20). The minimum atomic E-state index is -0.408. The fourth-order valence-electron chi connectivity index (χ4n) is 2.30. The highest BCUT2D eigenvalue weighted by Crippen LogP contribution is 2.22. The van der Waals surface area contributed by atoms with E-state index < -0.39 is 11.2 Å². The van der Waals surface area contributed by atoms with Crippen LogP contribution < -0.4 is 16.6 Å². The Kier molecular flexibility index (Phi) is 3.65. The molecule has 3 aromatic rings. The molecule has 2 heterocycles.